The standard InChI is InChI=1S/C16H22N2S2/c1-3-7-17-14(11-16-18-8-9-19-16)12-20-15-6-4-5-13(2)10-15/h4-6,8-10,14,17H,3,7,11-12H2,1-2H3. The summed E-state index contributed by atoms with van der Waals surface area (Å²) in [5, 5.41) is 6.92. The van der Waals surface area contributed by atoms with Crippen molar-refractivity contribution in [2.45, 2.75) is 37.6 Å². The summed E-state index contributed by atoms with van der Waals surface area (Å²) >= 11 is 3.68. The van der Waals surface area contributed by atoms with E-state index in [1.165, 1.54) is 21.9 Å². The lowest BCUT2D eigenvalue weighted by Gasteiger charge is -2.17. The highest BCUT2D eigenvalue weighted by Crippen LogP contribution is 2.21. The summed E-state index contributed by atoms with van der Waals surface area (Å²) in [5.41, 5.74) is 1.33. The molecule has 2 rings (SSSR count). The first-order chi connectivity index (χ1) is 9.78. The molecule has 0 aliphatic carbocycles. The lowest BCUT2D eigenvalue weighted by Crippen LogP contribution is -2.34. The van der Waals surface area contributed by atoms with E-state index in [9.17, 15) is 0 Å². The van der Waals surface area contributed by atoms with Gasteiger partial charge in [-0.3, -0.25) is 0 Å². The molecule has 2 aromatic rings. The molecule has 1 atom stereocenters. The molecule has 2 nitrogen and oxygen atoms in total. The average molecular weight is 306 g/mol. The molecule has 0 amide bonds. The highest BCUT2D eigenvalue weighted by molar-refractivity contribution is 7.99. The molecule has 1 unspecified atom stereocenters. The molecule has 4 heteroatoms. The van der Waals surface area contributed by atoms with Crippen LogP contribution in [-0.4, -0.2) is 23.3 Å². The molecule has 0 saturated carbocycles. The predicted octanol–water partition coefficient (Wildman–Crippen LogP) is 4.15. The van der Waals surface area contributed by atoms with Crippen molar-refractivity contribution in [3.05, 3.63) is 46.4 Å². The van der Waals surface area contributed by atoms with Crippen molar-refractivity contribution in [1.82, 2.24) is 10.3 Å². The zero-order valence-corrected chi connectivity index (χ0v) is 13.8. The lowest BCUT2D eigenvalue weighted by molar-refractivity contribution is 0.549. The van der Waals surface area contributed by atoms with Gasteiger partial charge in [0.05, 0.1) is 5.01 Å². The summed E-state index contributed by atoms with van der Waals surface area (Å²) in [6.07, 6.45) is 4.09. The monoisotopic (exact) mass is 306 g/mol. The summed E-state index contributed by atoms with van der Waals surface area (Å²) in [5.74, 6) is 1.09. The van der Waals surface area contributed by atoms with Crippen LogP contribution in [0, 0.1) is 6.92 Å². The van der Waals surface area contributed by atoms with Crippen LogP contribution in [0.2, 0.25) is 0 Å². The molecule has 0 radical (unpaired) electrons. The van der Waals surface area contributed by atoms with E-state index in [2.05, 4.69) is 53.8 Å². The molecular formula is C16H22N2S2. The molecular weight excluding hydrogens is 284 g/mol. The Hall–Kier alpha value is -0.840. The van der Waals surface area contributed by atoms with Crippen LogP contribution in [0.5, 0.6) is 0 Å². The molecule has 0 saturated heterocycles. The van der Waals surface area contributed by atoms with E-state index in [-0.39, 0.29) is 0 Å². The van der Waals surface area contributed by atoms with Gasteiger partial charge < -0.3 is 5.32 Å². The van der Waals surface area contributed by atoms with E-state index < -0.39 is 0 Å². The second kappa shape index (κ2) is 8.45. The molecule has 1 aromatic heterocycles. The molecule has 0 bridgehead atoms. The maximum Gasteiger partial charge on any atom is 0.0940 e. The summed E-state index contributed by atoms with van der Waals surface area (Å²) in [6, 6.07) is 9.22. The van der Waals surface area contributed by atoms with Crippen molar-refractivity contribution in [2.24, 2.45) is 0 Å². The van der Waals surface area contributed by atoms with Gasteiger partial charge in [-0.1, -0.05) is 24.6 Å². The fourth-order valence-electron chi connectivity index (χ4n) is 2.00. The highest BCUT2D eigenvalue weighted by atomic mass is 32.2. The third kappa shape index (κ3) is 5.27. The van der Waals surface area contributed by atoms with Crippen LogP contribution in [-0.2, 0) is 6.42 Å². The summed E-state index contributed by atoms with van der Waals surface area (Å²) in [7, 11) is 0. The van der Waals surface area contributed by atoms with Crippen LogP contribution in [0.15, 0.2) is 40.7 Å². The Morgan fingerprint density at radius 2 is 2.30 bits per heavy atom. The number of nitrogens with one attached hydrogen (secondary N) is 1. The Bertz CT molecular complexity index is 497. The Morgan fingerprint density at radius 1 is 1.40 bits per heavy atom. The van der Waals surface area contributed by atoms with Gasteiger partial charge in [-0.05, 0) is 32.0 Å². The van der Waals surface area contributed by atoms with Gasteiger partial charge in [0, 0.05) is 34.7 Å². The minimum atomic E-state index is 0.492. The highest BCUT2D eigenvalue weighted by Gasteiger charge is 2.11. The number of nitrogens with zero attached hydrogens (tertiary/aromatic N) is 1. The number of hydrogen-bond donors (Lipinski definition) is 1. The summed E-state index contributed by atoms with van der Waals surface area (Å²) in [4.78, 5) is 5.76. The Balaban J connectivity index is 1.89. The van der Waals surface area contributed by atoms with Crippen molar-refractivity contribution < 1.29 is 0 Å². The van der Waals surface area contributed by atoms with E-state index in [1.807, 2.05) is 18.0 Å². The van der Waals surface area contributed by atoms with Crippen LogP contribution in [0.1, 0.15) is 23.9 Å². The average Bonchev–Trinajstić information content (AvgIpc) is 2.95. The maximum atomic E-state index is 4.40. The third-order valence-corrected chi connectivity index (χ3v) is 4.99. The minimum Gasteiger partial charge on any atom is -0.313 e. The van der Waals surface area contributed by atoms with E-state index >= 15 is 0 Å². The molecule has 0 fully saturated rings. The van der Waals surface area contributed by atoms with E-state index in [1.54, 1.807) is 11.3 Å². The van der Waals surface area contributed by atoms with Crippen LogP contribution >= 0.6 is 23.1 Å². The molecule has 0 spiro atoms. The van der Waals surface area contributed by atoms with E-state index in [4.69, 9.17) is 0 Å². The third-order valence-electron chi connectivity index (χ3n) is 3.03. The second-order valence-corrected chi connectivity index (χ2v) is 6.98. The lowest BCUT2D eigenvalue weighted by atomic mass is 10.2. The topological polar surface area (TPSA) is 24.9 Å². The molecule has 0 aliphatic heterocycles. The van der Waals surface area contributed by atoms with Gasteiger partial charge in [-0.15, -0.1) is 23.1 Å². The number of aromatic nitrogens is 1. The van der Waals surface area contributed by atoms with Gasteiger partial charge >= 0.3 is 0 Å². The van der Waals surface area contributed by atoms with E-state index in [0.717, 1.165) is 18.7 Å². The number of thioether (sulfide) groups is 1. The van der Waals surface area contributed by atoms with Crippen molar-refractivity contribution in [3.8, 4) is 0 Å². The first kappa shape index (κ1) is 15.5. The molecule has 0 aliphatic rings. The number of benzene rings is 1. The molecule has 1 N–H and O–H groups in total. The second-order valence-electron chi connectivity index (χ2n) is 4.91. The van der Waals surface area contributed by atoms with Crippen molar-refractivity contribution >= 4 is 23.1 Å². The van der Waals surface area contributed by atoms with Gasteiger partial charge in [0.1, 0.15) is 0 Å². The fourth-order valence-corrected chi connectivity index (χ4v) is 3.78. The number of rotatable bonds is 8. The van der Waals surface area contributed by atoms with Crippen molar-refractivity contribution in [1.29, 1.82) is 0 Å². The van der Waals surface area contributed by atoms with Gasteiger partial charge in [0.2, 0.25) is 0 Å². The first-order valence-corrected chi connectivity index (χ1v) is 8.95. The smallest absolute Gasteiger partial charge is 0.0940 e. The SMILES string of the molecule is CCCNC(CSc1cccc(C)c1)Cc1nccs1. The largest absolute Gasteiger partial charge is 0.313 e. The number of thiazole rings is 1. The van der Waals surface area contributed by atoms with Gasteiger partial charge in [0.15, 0.2) is 0 Å². The summed E-state index contributed by atoms with van der Waals surface area (Å²) < 4.78 is 0. The molecule has 1 aromatic carbocycles. The molecule has 1 heterocycles. The number of hydrogen-bond acceptors (Lipinski definition) is 4. The Morgan fingerprint density at radius 3 is 3.00 bits per heavy atom. The van der Waals surface area contributed by atoms with Crippen molar-refractivity contribution in [2.75, 3.05) is 12.3 Å². The predicted molar refractivity (Wildman–Crippen MR) is 89.8 cm³/mol. The van der Waals surface area contributed by atoms with E-state index in [0.29, 0.717) is 6.04 Å². The van der Waals surface area contributed by atoms with Gasteiger partial charge in [0.25, 0.3) is 0 Å². The number of aryl methyl sites for hydroxylation is 1. The minimum absolute atomic E-state index is 0.492. The van der Waals surface area contributed by atoms with Crippen LogP contribution in [0.4, 0.5) is 0 Å². The quantitative estimate of drug-likeness (QED) is 0.742. The van der Waals surface area contributed by atoms with Crippen LogP contribution < -0.4 is 5.32 Å². The van der Waals surface area contributed by atoms with Crippen molar-refractivity contribution in [3.63, 3.8) is 0 Å². The zero-order chi connectivity index (χ0) is 14.2. The normalized spacial score (nSPS) is 12.5. The Kier molecular flexibility index (Phi) is 6.57. The van der Waals surface area contributed by atoms with Gasteiger partial charge in [-0.25, -0.2) is 4.98 Å². The Labute approximate surface area is 130 Å². The first-order valence-electron chi connectivity index (χ1n) is 7.09. The van der Waals surface area contributed by atoms with Gasteiger partial charge in [-0.2, -0.15) is 0 Å². The van der Waals surface area contributed by atoms with Crippen LogP contribution in [0.3, 0.4) is 0 Å². The molecule has 108 valence electrons. The fraction of sp³-hybridized carbons (Fsp3) is 0.438. The summed E-state index contributed by atoms with van der Waals surface area (Å²) in [6.45, 7) is 5.43. The maximum absolute atomic E-state index is 4.40. The van der Waals surface area contributed by atoms with Crippen LogP contribution in [0.25, 0.3) is 0 Å². The molecule has 20 heavy (non-hydrogen) atoms. The zero-order valence-electron chi connectivity index (χ0n) is 12.1.